The number of rotatable bonds is 4. The highest BCUT2D eigenvalue weighted by Gasteiger charge is 2.36. The Morgan fingerprint density at radius 1 is 1.42 bits per heavy atom. The van der Waals surface area contributed by atoms with Crippen molar-refractivity contribution >= 4 is 17.9 Å². The van der Waals surface area contributed by atoms with E-state index in [9.17, 15) is 19.5 Å². The number of carboxylic acids is 1. The number of hydrogen-bond donors (Lipinski definition) is 2. The van der Waals surface area contributed by atoms with Crippen LogP contribution in [0.5, 0.6) is 0 Å². The van der Waals surface area contributed by atoms with Crippen LogP contribution in [0, 0.1) is 5.92 Å². The molecule has 1 saturated heterocycles. The van der Waals surface area contributed by atoms with Gasteiger partial charge in [-0.2, -0.15) is 0 Å². The Morgan fingerprint density at radius 3 is 2.53 bits per heavy atom. The zero-order valence-corrected chi connectivity index (χ0v) is 11.3. The number of carbonyl (C=O) groups excluding carboxylic acids is 2. The van der Waals surface area contributed by atoms with E-state index in [0.717, 1.165) is 6.42 Å². The van der Waals surface area contributed by atoms with Crippen molar-refractivity contribution in [1.29, 1.82) is 0 Å². The number of nitrogens with zero attached hydrogens (tertiary/aromatic N) is 2. The number of urea groups is 1. The smallest absolute Gasteiger partial charge is 0.326 e. The Labute approximate surface area is 112 Å². The summed E-state index contributed by atoms with van der Waals surface area (Å²) in [6.45, 7) is 4.22. The van der Waals surface area contributed by atoms with Crippen LogP contribution < -0.4 is 5.73 Å². The molecule has 0 saturated carbocycles. The third-order valence-corrected chi connectivity index (χ3v) is 3.39. The van der Waals surface area contributed by atoms with Gasteiger partial charge < -0.3 is 20.6 Å². The molecule has 1 rings (SSSR count). The van der Waals surface area contributed by atoms with Crippen molar-refractivity contribution in [1.82, 2.24) is 9.80 Å². The maximum absolute atomic E-state index is 12.3. The number of carbonyl (C=O) groups is 3. The number of carboxylic acid groups (broad SMARTS) is 1. The van der Waals surface area contributed by atoms with E-state index >= 15 is 0 Å². The number of primary amides is 1. The van der Waals surface area contributed by atoms with Crippen molar-refractivity contribution < 1.29 is 19.5 Å². The van der Waals surface area contributed by atoms with Crippen LogP contribution in [0.1, 0.15) is 26.7 Å². The fraction of sp³-hybridized carbons (Fsp3) is 0.750. The van der Waals surface area contributed by atoms with Crippen molar-refractivity contribution in [3.63, 3.8) is 0 Å². The fourth-order valence-electron chi connectivity index (χ4n) is 2.29. The van der Waals surface area contributed by atoms with Crippen molar-refractivity contribution in [2.45, 2.75) is 32.7 Å². The van der Waals surface area contributed by atoms with Crippen LogP contribution in [0.3, 0.4) is 0 Å². The number of likely N-dealkylation sites (tertiary alicyclic amines) is 1. The number of aliphatic carboxylic acids is 1. The van der Waals surface area contributed by atoms with Crippen LogP contribution >= 0.6 is 0 Å². The molecule has 2 atom stereocenters. The minimum atomic E-state index is -1.00. The Hall–Kier alpha value is -1.79. The van der Waals surface area contributed by atoms with Crippen LogP contribution in [0.15, 0.2) is 0 Å². The summed E-state index contributed by atoms with van der Waals surface area (Å²) < 4.78 is 0. The zero-order valence-electron chi connectivity index (χ0n) is 11.3. The van der Waals surface area contributed by atoms with Crippen LogP contribution in [-0.2, 0) is 9.59 Å². The number of amides is 3. The van der Waals surface area contributed by atoms with E-state index in [1.54, 1.807) is 6.92 Å². The van der Waals surface area contributed by atoms with Gasteiger partial charge >= 0.3 is 12.0 Å². The molecule has 1 aliphatic heterocycles. The van der Waals surface area contributed by atoms with E-state index in [1.807, 2.05) is 6.92 Å². The van der Waals surface area contributed by atoms with Gasteiger partial charge in [0.05, 0.1) is 0 Å². The highest BCUT2D eigenvalue weighted by molar-refractivity contribution is 5.86. The zero-order chi connectivity index (χ0) is 14.6. The van der Waals surface area contributed by atoms with E-state index in [4.69, 9.17) is 5.73 Å². The first-order chi connectivity index (χ1) is 8.86. The SMILES string of the molecule is CCN(CC(N)=O)C(=O)N1CCC(C)CC1C(=O)O. The fourth-order valence-corrected chi connectivity index (χ4v) is 2.29. The molecule has 0 aliphatic carbocycles. The monoisotopic (exact) mass is 271 g/mol. The standard InChI is InChI=1S/C12H21N3O4/c1-3-14(7-10(13)16)12(19)15-5-4-8(2)6-9(15)11(17)18/h8-9H,3-7H2,1-2H3,(H2,13,16)(H,17,18). The van der Waals surface area contributed by atoms with Crippen LogP contribution in [0.2, 0.25) is 0 Å². The molecule has 3 amide bonds. The third-order valence-electron chi connectivity index (χ3n) is 3.39. The average Bonchev–Trinajstić information content (AvgIpc) is 2.34. The predicted molar refractivity (Wildman–Crippen MR) is 68.4 cm³/mol. The lowest BCUT2D eigenvalue weighted by molar-refractivity contribution is -0.144. The van der Waals surface area contributed by atoms with Gasteiger partial charge in [-0.25, -0.2) is 9.59 Å². The Balaban J connectivity index is 2.82. The van der Waals surface area contributed by atoms with Gasteiger partial charge in [-0.05, 0) is 25.7 Å². The number of piperidine rings is 1. The summed E-state index contributed by atoms with van der Waals surface area (Å²) in [6, 6.07) is -1.25. The molecular weight excluding hydrogens is 250 g/mol. The number of nitrogens with two attached hydrogens (primary N) is 1. The van der Waals surface area contributed by atoms with Crippen molar-refractivity contribution in [3.8, 4) is 0 Å². The van der Waals surface area contributed by atoms with Gasteiger partial charge in [0.25, 0.3) is 0 Å². The Bertz CT molecular complexity index is 372. The minimum Gasteiger partial charge on any atom is -0.480 e. The number of likely N-dealkylation sites (N-methyl/N-ethyl adjacent to an activating group) is 1. The molecule has 3 N–H and O–H groups in total. The molecule has 1 fully saturated rings. The molecule has 2 unspecified atom stereocenters. The topological polar surface area (TPSA) is 104 Å². The normalized spacial score (nSPS) is 22.9. The lowest BCUT2D eigenvalue weighted by atomic mass is 9.92. The van der Waals surface area contributed by atoms with Gasteiger partial charge in [0.2, 0.25) is 5.91 Å². The van der Waals surface area contributed by atoms with Crippen LogP contribution in [0.4, 0.5) is 4.79 Å². The molecule has 1 aliphatic rings. The molecule has 1 heterocycles. The molecule has 0 bridgehead atoms. The molecule has 0 aromatic rings. The summed E-state index contributed by atoms with van der Waals surface area (Å²) in [6.07, 6.45) is 1.21. The van der Waals surface area contributed by atoms with E-state index < -0.39 is 23.9 Å². The average molecular weight is 271 g/mol. The maximum atomic E-state index is 12.3. The van der Waals surface area contributed by atoms with E-state index in [0.29, 0.717) is 19.5 Å². The summed E-state index contributed by atoms with van der Waals surface area (Å²) in [5, 5.41) is 9.21. The third kappa shape index (κ3) is 3.84. The van der Waals surface area contributed by atoms with Gasteiger partial charge in [0.1, 0.15) is 12.6 Å². The largest absolute Gasteiger partial charge is 0.480 e. The summed E-state index contributed by atoms with van der Waals surface area (Å²) in [4.78, 5) is 37.0. The first kappa shape index (κ1) is 15.3. The second-order valence-electron chi connectivity index (χ2n) is 4.94. The van der Waals surface area contributed by atoms with Crippen molar-refractivity contribution in [2.24, 2.45) is 11.7 Å². The Kier molecular flexibility index (Phi) is 5.14. The lowest BCUT2D eigenvalue weighted by Crippen LogP contribution is -2.55. The van der Waals surface area contributed by atoms with E-state index in [-0.39, 0.29) is 12.5 Å². The highest BCUT2D eigenvalue weighted by atomic mass is 16.4. The first-order valence-corrected chi connectivity index (χ1v) is 6.43. The molecule has 0 radical (unpaired) electrons. The molecule has 0 spiro atoms. The van der Waals surface area contributed by atoms with Crippen LogP contribution in [0.25, 0.3) is 0 Å². The van der Waals surface area contributed by atoms with Gasteiger partial charge in [-0.15, -0.1) is 0 Å². The summed E-state index contributed by atoms with van der Waals surface area (Å²) in [7, 11) is 0. The summed E-state index contributed by atoms with van der Waals surface area (Å²) in [5.74, 6) is -1.33. The highest BCUT2D eigenvalue weighted by Crippen LogP contribution is 2.23. The molecule has 108 valence electrons. The quantitative estimate of drug-likeness (QED) is 0.756. The molecule has 7 heteroatoms. The molecule has 0 aromatic heterocycles. The molecular formula is C12H21N3O4. The Morgan fingerprint density at radius 2 is 2.05 bits per heavy atom. The van der Waals surface area contributed by atoms with Crippen molar-refractivity contribution in [3.05, 3.63) is 0 Å². The maximum Gasteiger partial charge on any atom is 0.326 e. The second-order valence-corrected chi connectivity index (χ2v) is 4.94. The second kappa shape index (κ2) is 6.40. The first-order valence-electron chi connectivity index (χ1n) is 6.43. The van der Waals surface area contributed by atoms with Crippen LogP contribution in [-0.4, -0.2) is 58.5 Å². The number of hydrogen-bond acceptors (Lipinski definition) is 3. The summed E-state index contributed by atoms with van der Waals surface area (Å²) in [5.41, 5.74) is 5.09. The van der Waals surface area contributed by atoms with Gasteiger partial charge in [0, 0.05) is 13.1 Å². The predicted octanol–water partition coefficient (Wildman–Crippen LogP) is 0.0987. The van der Waals surface area contributed by atoms with Gasteiger partial charge in [-0.1, -0.05) is 6.92 Å². The lowest BCUT2D eigenvalue weighted by Gasteiger charge is -2.38. The molecule has 7 nitrogen and oxygen atoms in total. The van der Waals surface area contributed by atoms with E-state index in [2.05, 4.69) is 0 Å². The van der Waals surface area contributed by atoms with E-state index in [1.165, 1.54) is 9.80 Å². The van der Waals surface area contributed by atoms with Gasteiger partial charge in [-0.3, -0.25) is 4.79 Å². The molecule has 19 heavy (non-hydrogen) atoms. The molecule has 0 aromatic carbocycles. The minimum absolute atomic E-state index is 0.187. The van der Waals surface area contributed by atoms with Gasteiger partial charge in [0.15, 0.2) is 0 Å². The summed E-state index contributed by atoms with van der Waals surface area (Å²) >= 11 is 0. The van der Waals surface area contributed by atoms with Crippen molar-refractivity contribution in [2.75, 3.05) is 19.6 Å².